The number of hydrogen-bond acceptors (Lipinski definition) is 8. The smallest absolute Gasteiger partial charge is 0.324 e. The maximum absolute atomic E-state index is 14.8. The number of urea groups is 1. The first-order valence-corrected chi connectivity index (χ1v) is 26.7. The molecule has 0 aliphatic rings. The fourth-order valence-corrected chi connectivity index (χ4v) is 10.0. The lowest BCUT2D eigenvalue weighted by Crippen LogP contribution is -2.19. The molecular formula is C57H46Cl3F3N10O4S. The SMILES string of the molecule is CCCCNc1n[nH]c2c(F)c(Cl)c(-c3ccccc3)cc12.COc1cccc(S(=O)(=O)Nc2n[nH]c3c(F)c(Cl)c(-c4ccccc4)cc23)c1.O=C(Nc1ccccc1)Nc1n[nH]c2c(F)c(Cl)c(-c3ccccc3)cc12. The van der Waals surface area contributed by atoms with Crippen LogP contribution in [-0.4, -0.2) is 58.7 Å². The van der Waals surface area contributed by atoms with Crippen LogP contribution in [-0.2, 0) is 10.0 Å². The minimum absolute atomic E-state index is 0.00219. The predicted molar refractivity (Wildman–Crippen MR) is 306 cm³/mol. The molecule has 396 valence electrons. The Labute approximate surface area is 460 Å². The molecule has 21 heteroatoms. The summed E-state index contributed by atoms with van der Waals surface area (Å²) >= 11 is 18.6. The summed E-state index contributed by atoms with van der Waals surface area (Å²) in [4.78, 5) is 12.2. The van der Waals surface area contributed by atoms with Crippen LogP contribution in [0.15, 0.2) is 169 Å². The number of sulfonamides is 1. The van der Waals surface area contributed by atoms with Gasteiger partial charge >= 0.3 is 6.03 Å². The van der Waals surface area contributed by atoms with Gasteiger partial charge < -0.3 is 15.4 Å². The summed E-state index contributed by atoms with van der Waals surface area (Å²) < 4.78 is 77.1. The van der Waals surface area contributed by atoms with E-state index in [0.717, 1.165) is 35.9 Å². The lowest BCUT2D eigenvalue weighted by molar-refractivity contribution is 0.262. The van der Waals surface area contributed by atoms with Gasteiger partial charge in [0, 0.05) is 51.1 Å². The largest absolute Gasteiger partial charge is 0.497 e. The van der Waals surface area contributed by atoms with Crippen molar-refractivity contribution < 1.29 is 31.1 Å². The Kier molecular flexibility index (Phi) is 16.8. The molecule has 3 heterocycles. The van der Waals surface area contributed by atoms with E-state index in [4.69, 9.17) is 39.5 Å². The monoisotopic (exact) mass is 1130 g/mol. The van der Waals surface area contributed by atoms with E-state index in [9.17, 15) is 26.4 Å². The second kappa shape index (κ2) is 24.2. The Balaban J connectivity index is 0.000000144. The van der Waals surface area contributed by atoms with Crippen molar-refractivity contribution in [2.24, 2.45) is 0 Å². The van der Waals surface area contributed by atoms with Crippen molar-refractivity contribution in [3.63, 3.8) is 0 Å². The number of aromatic amines is 3. The molecule has 0 aliphatic carbocycles. The van der Waals surface area contributed by atoms with E-state index in [1.807, 2.05) is 91.0 Å². The number of aromatic nitrogens is 6. The first-order chi connectivity index (χ1) is 37.8. The number of anilines is 4. The molecular weight excluding hydrogens is 1080 g/mol. The second-order valence-electron chi connectivity index (χ2n) is 17.2. The van der Waals surface area contributed by atoms with Gasteiger partial charge in [0.1, 0.15) is 22.3 Å². The number of para-hydroxylation sites is 1. The first kappa shape index (κ1) is 54.2. The third-order valence-corrected chi connectivity index (χ3v) is 14.6. The Morgan fingerprint density at radius 2 is 0.974 bits per heavy atom. The molecule has 0 atom stereocenters. The summed E-state index contributed by atoms with van der Waals surface area (Å²) in [5.74, 6) is -0.546. The average Bonchev–Trinajstić information content (AvgIpc) is 4.28. The third-order valence-electron chi connectivity index (χ3n) is 12.1. The Morgan fingerprint density at radius 3 is 1.44 bits per heavy atom. The summed E-state index contributed by atoms with van der Waals surface area (Å²) in [7, 11) is -2.53. The number of nitrogens with one attached hydrogen (secondary N) is 7. The topological polar surface area (TPSA) is 195 Å². The zero-order chi connectivity index (χ0) is 54.9. The van der Waals surface area contributed by atoms with Crippen LogP contribution in [0.5, 0.6) is 5.75 Å². The van der Waals surface area contributed by atoms with Crippen LogP contribution in [0, 0.1) is 17.5 Å². The lowest BCUT2D eigenvalue weighted by Gasteiger charge is -2.09. The molecule has 2 amide bonds. The van der Waals surface area contributed by atoms with Gasteiger partial charge in [0.25, 0.3) is 10.0 Å². The van der Waals surface area contributed by atoms with E-state index in [1.165, 1.54) is 19.2 Å². The number of methoxy groups -OCH3 is 1. The average molecular weight is 1130 g/mol. The number of carbonyl (C=O) groups is 1. The number of halogens is 6. The number of ether oxygens (including phenoxy) is 1. The molecule has 11 aromatic rings. The van der Waals surface area contributed by atoms with E-state index in [-0.39, 0.29) is 48.0 Å². The molecule has 0 unspecified atom stereocenters. The van der Waals surface area contributed by atoms with E-state index < -0.39 is 33.5 Å². The quantitative estimate of drug-likeness (QED) is 0.0554. The van der Waals surface area contributed by atoms with Gasteiger partial charge in [-0.2, -0.15) is 15.3 Å². The highest BCUT2D eigenvalue weighted by Gasteiger charge is 2.24. The molecule has 0 saturated carbocycles. The van der Waals surface area contributed by atoms with Gasteiger partial charge in [-0.1, -0.05) is 163 Å². The van der Waals surface area contributed by atoms with Gasteiger partial charge in [0.15, 0.2) is 34.9 Å². The van der Waals surface area contributed by atoms with Gasteiger partial charge in [-0.05, 0) is 65.6 Å². The number of rotatable bonds is 13. The number of benzene rings is 8. The minimum atomic E-state index is -3.98. The van der Waals surface area contributed by atoms with Crippen LogP contribution in [0.4, 0.5) is 41.1 Å². The van der Waals surface area contributed by atoms with E-state index >= 15 is 0 Å². The van der Waals surface area contributed by atoms with Crippen molar-refractivity contribution in [1.29, 1.82) is 0 Å². The number of nitrogens with zero attached hydrogens (tertiary/aromatic N) is 3. The Morgan fingerprint density at radius 1 is 0.551 bits per heavy atom. The number of fused-ring (bicyclic) bond motifs is 3. The summed E-state index contributed by atoms with van der Waals surface area (Å²) in [5.41, 5.74) is 5.09. The van der Waals surface area contributed by atoms with E-state index in [2.05, 4.69) is 58.2 Å². The number of unbranched alkanes of at least 4 members (excludes halogenated alkanes) is 1. The summed E-state index contributed by atoms with van der Waals surface area (Å²) in [6.45, 7) is 2.93. The lowest BCUT2D eigenvalue weighted by atomic mass is 10.0. The fourth-order valence-electron chi connectivity index (χ4n) is 8.20. The van der Waals surface area contributed by atoms with Crippen molar-refractivity contribution in [2.45, 2.75) is 24.7 Å². The predicted octanol–water partition coefficient (Wildman–Crippen LogP) is 15.7. The van der Waals surface area contributed by atoms with Crippen molar-refractivity contribution in [1.82, 2.24) is 30.6 Å². The number of H-pyrrole nitrogens is 3. The maximum Gasteiger partial charge on any atom is 0.324 e. The van der Waals surface area contributed by atoms with Gasteiger partial charge in [0.2, 0.25) is 0 Å². The molecule has 0 fully saturated rings. The van der Waals surface area contributed by atoms with E-state index in [1.54, 1.807) is 60.7 Å². The summed E-state index contributed by atoms with van der Waals surface area (Å²) in [6.07, 6.45) is 2.13. The van der Waals surface area contributed by atoms with Crippen molar-refractivity contribution in [3.8, 4) is 39.1 Å². The molecule has 11 rings (SSSR count). The summed E-state index contributed by atoms with van der Waals surface area (Å²) in [5, 5.41) is 30.0. The highest BCUT2D eigenvalue weighted by molar-refractivity contribution is 7.92. The number of carbonyl (C=O) groups excluding carboxylic acids is 1. The molecule has 3 aromatic heterocycles. The fraction of sp³-hybridized carbons (Fsp3) is 0.0877. The van der Waals surface area contributed by atoms with Crippen LogP contribution in [0.25, 0.3) is 66.1 Å². The molecule has 8 aromatic carbocycles. The molecule has 0 aliphatic heterocycles. The zero-order valence-electron chi connectivity index (χ0n) is 41.4. The molecule has 14 nitrogen and oxygen atoms in total. The van der Waals surface area contributed by atoms with Gasteiger partial charge in [-0.15, -0.1) is 0 Å². The Hall–Kier alpha value is -8.55. The minimum Gasteiger partial charge on any atom is -0.497 e. The molecule has 0 saturated heterocycles. The third kappa shape index (κ3) is 11.9. The molecule has 7 N–H and O–H groups in total. The maximum atomic E-state index is 14.8. The number of amides is 2. The second-order valence-corrected chi connectivity index (χ2v) is 20.1. The van der Waals surface area contributed by atoms with Crippen molar-refractivity contribution >= 4 is 107 Å². The first-order valence-electron chi connectivity index (χ1n) is 24.0. The van der Waals surface area contributed by atoms with Crippen molar-refractivity contribution in [3.05, 3.63) is 196 Å². The van der Waals surface area contributed by atoms with E-state index in [0.29, 0.717) is 50.4 Å². The van der Waals surface area contributed by atoms with Crippen molar-refractivity contribution in [2.75, 3.05) is 34.3 Å². The van der Waals surface area contributed by atoms with Crippen LogP contribution in [0.1, 0.15) is 19.8 Å². The van der Waals surface area contributed by atoms with Crippen LogP contribution < -0.4 is 25.4 Å². The molecule has 0 spiro atoms. The molecule has 0 bridgehead atoms. The zero-order valence-corrected chi connectivity index (χ0v) is 44.4. The molecule has 0 radical (unpaired) electrons. The highest BCUT2D eigenvalue weighted by Crippen LogP contribution is 2.40. The number of hydrogen-bond donors (Lipinski definition) is 7. The standard InChI is InChI=1S/C20H14ClFN4O.C20H15ClFN3O3S.C17H17ClFN3/c21-16-14(12-7-3-1-4-8-12)11-15-18(17(16)22)25-26-19(15)24-20(27)23-13-9-5-2-6-10-13;1-28-13-8-5-9-14(10-13)29(26,27)25-20-16-11-15(12-6-3-2-4-7-12)17(21)18(22)19(16)23-24-20;1-2-3-9-20-17-13-10-12(11-7-5-4-6-8-11)14(18)15(19)16(13)21-22-17/h1-11H,(H3,23,24,25,26,27);2-11H,1H3,(H2,23,24,25);4-8,10H,2-3,9H2,1H3,(H2,20,21,22). The Bertz CT molecular complexity index is 4020. The van der Waals surface area contributed by atoms with Crippen LogP contribution >= 0.6 is 34.8 Å². The van der Waals surface area contributed by atoms with Crippen LogP contribution in [0.3, 0.4) is 0 Å². The van der Waals surface area contributed by atoms with Gasteiger partial charge in [-0.25, -0.2) is 26.4 Å². The normalized spacial score (nSPS) is 11.1. The van der Waals surface area contributed by atoms with Crippen LogP contribution in [0.2, 0.25) is 15.1 Å². The highest BCUT2D eigenvalue weighted by atomic mass is 35.5. The molecule has 78 heavy (non-hydrogen) atoms. The van der Waals surface area contributed by atoms with Gasteiger partial charge in [-0.3, -0.25) is 25.3 Å². The van der Waals surface area contributed by atoms with Gasteiger partial charge in [0.05, 0.1) is 27.1 Å². The summed E-state index contributed by atoms with van der Waals surface area (Å²) in [6, 6.07) is 47.5.